The van der Waals surface area contributed by atoms with Gasteiger partial charge in [0.05, 0.1) is 4.92 Å². The second-order valence-electron chi connectivity index (χ2n) is 3.99. The van der Waals surface area contributed by atoms with Gasteiger partial charge in [0.2, 0.25) is 5.82 Å². The molecule has 2 N–H and O–H groups in total. The molecular formula is C13H13IN4O2. The molecule has 0 amide bonds. The first kappa shape index (κ1) is 14.5. The number of anilines is 3. The van der Waals surface area contributed by atoms with Crippen LogP contribution >= 0.6 is 22.6 Å². The van der Waals surface area contributed by atoms with Crippen molar-refractivity contribution >= 4 is 45.6 Å². The van der Waals surface area contributed by atoms with Gasteiger partial charge in [-0.2, -0.15) is 0 Å². The Morgan fingerprint density at radius 2 is 2.15 bits per heavy atom. The average Bonchev–Trinajstić information content (AvgIpc) is 2.39. The third kappa shape index (κ3) is 3.56. The van der Waals surface area contributed by atoms with Gasteiger partial charge >= 0.3 is 5.69 Å². The molecule has 0 fully saturated rings. The van der Waals surface area contributed by atoms with E-state index in [1.54, 1.807) is 6.07 Å². The highest BCUT2D eigenvalue weighted by Crippen LogP contribution is 2.27. The van der Waals surface area contributed by atoms with Crippen LogP contribution in [0, 0.1) is 13.7 Å². The van der Waals surface area contributed by atoms with Crippen molar-refractivity contribution in [3.05, 3.63) is 50.1 Å². The number of halogens is 1. The zero-order chi connectivity index (χ0) is 14.5. The molecule has 1 aromatic heterocycles. The fourth-order valence-electron chi connectivity index (χ4n) is 1.67. The fraction of sp³-hybridized carbons (Fsp3) is 0.154. The van der Waals surface area contributed by atoms with Crippen LogP contribution < -0.4 is 10.6 Å². The molecule has 0 bridgehead atoms. The van der Waals surface area contributed by atoms with Crippen molar-refractivity contribution in [3.63, 3.8) is 0 Å². The van der Waals surface area contributed by atoms with Gasteiger partial charge in [0, 0.05) is 21.9 Å². The van der Waals surface area contributed by atoms with Gasteiger partial charge in [-0.25, -0.2) is 4.98 Å². The normalized spacial score (nSPS) is 10.1. The van der Waals surface area contributed by atoms with E-state index in [-0.39, 0.29) is 11.5 Å². The minimum atomic E-state index is -0.445. The van der Waals surface area contributed by atoms with Crippen LogP contribution in [0.15, 0.2) is 36.4 Å². The van der Waals surface area contributed by atoms with Crippen LogP contribution in [0.5, 0.6) is 0 Å². The third-order valence-corrected chi connectivity index (χ3v) is 3.19. The molecule has 2 aromatic rings. The first-order chi connectivity index (χ1) is 9.60. The van der Waals surface area contributed by atoms with Gasteiger partial charge in [-0.1, -0.05) is 6.07 Å². The Morgan fingerprint density at radius 3 is 2.80 bits per heavy atom. The molecule has 0 aliphatic carbocycles. The average molecular weight is 384 g/mol. The van der Waals surface area contributed by atoms with Gasteiger partial charge in [-0.3, -0.25) is 10.1 Å². The van der Waals surface area contributed by atoms with Gasteiger partial charge in [0.1, 0.15) is 5.82 Å². The summed E-state index contributed by atoms with van der Waals surface area (Å²) >= 11 is 2.18. The molecule has 104 valence electrons. The van der Waals surface area contributed by atoms with Crippen LogP contribution in [0.1, 0.15) is 6.92 Å². The second kappa shape index (κ2) is 6.51. The summed E-state index contributed by atoms with van der Waals surface area (Å²) < 4.78 is 1.04. The SMILES string of the molecule is CCNc1ccc([N+](=O)[O-])c(Nc2cccc(I)c2)n1. The van der Waals surface area contributed by atoms with Gasteiger partial charge in [0.15, 0.2) is 0 Å². The lowest BCUT2D eigenvalue weighted by Crippen LogP contribution is -2.04. The molecule has 7 heteroatoms. The third-order valence-electron chi connectivity index (χ3n) is 2.52. The molecule has 6 nitrogen and oxygen atoms in total. The Hall–Kier alpha value is -1.90. The van der Waals surface area contributed by atoms with Crippen LogP contribution in [-0.2, 0) is 0 Å². The van der Waals surface area contributed by atoms with Crippen molar-refractivity contribution in [3.8, 4) is 0 Å². The number of nitrogens with zero attached hydrogens (tertiary/aromatic N) is 2. The molecule has 0 radical (unpaired) electrons. The van der Waals surface area contributed by atoms with Crippen molar-refractivity contribution in [1.29, 1.82) is 0 Å². The van der Waals surface area contributed by atoms with Gasteiger partial charge in [0.25, 0.3) is 0 Å². The van der Waals surface area contributed by atoms with Gasteiger partial charge in [-0.05, 0) is 53.8 Å². The Kier molecular flexibility index (Phi) is 4.72. The molecule has 0 unspecified atom stereocenters. The van der Waals surface area contributed by atoms with E-state index in [0.717, 1.165) is 9.26 Å². The van der Waals surface area contributed by atoms with Crippen LogP contribution in [0.4, 0.5) is 23.0 Å². The Bertz CT molecular complexity index is 634. The molecule has 20 heavy (non-hydrogen) atoms. The predicted molar refractivity (Wildman–Crippen MR) is 87.5 cm³/mol. The van der Waals surface area contributed by atoms with E-state index in [1.165, 1.54) is 6.07 Å². The summed E-state index contributed by atoms with van der Waals surface area (Å²) in [5.41, 5.74) is 0.715. The van der Waals surface area contributed by atoms with E-state index in [1.807, 2.05) is 31.2 Å². The quantitative estimate of drug-likeness (QED) is 0.466. The summed E-state index contributed by atoms with van der Waals surface area (Å²) in [7, 11) is 0. The van der Waals surface area contributed by atoms with Crippen molar-refractivity contribution in [1.82, 2.24) is 4.98 Å². The maximum absolute atomic E-state index is 11.1. The molecule has 2 rings (SSSR count). The Morgan fingerprint density at radius 1 is 1.35 bits per heavy atom. The Labute approximate surface area is 129 Å². The number of nitro groups is 1. The summed E-state index contributed by atoms with van der Waals surface area (Å²) in [6.45, 7) is 2.64. The first-order valence-corrected chi connectivity index (χ1v) is 7.10. The number of rotatable bonds is 5. The molecule has 0 atom stereocenters. The van der Waals surface area contributed by atoms with Crippen molar-refractivity contribution < 1.29 is 4.92 Å². The number of pyridine rings is 1. The largest absolute Gasteiger partial charge is 0.370 e. The second-order valence-corrected chi connectivity index (χ2v) is 5.23. The summed E-state index contributed by atoms with van der Waals surface area (Å²) in [4.78, 5) is 14.8. The van der Waals surface area contributed by atoms with Gasteiger partial charge in [-0.15, -0.1) is 0 Å². The number of hydrogen-bond acceptors (Lipinski definition) is 5. The predicted octanol–water partition coefficient (Wildman–Crippen LogP) is 3.77. The summed E-state index contributed by atoms with van der Waals surface area (Å²) in [5.74, 6) is 0.835. The Balaban J connectivity index is 2.36. The molecule has 0 aliphatic rings. The van der Waals surface area contributed by atoms with E-state index in [0.29, 0.717) is 12.4 Å². The monoisotopic (exact) mass is 384 g/mol. The fourth-order valence-corrected chi connectivity index (χ4v) is 2.22. The summed E-state index contributed by atoms with van der Waals surface area (Å²) in [6.07, 6.45) is 0. The zero-order valence-electron chi connectivity index (χ0n) is 10.8. The molecule has 0 saturated carbocycles. The van der Waals surface area contributed by atoms with Crippen LogP contribution in [0.3, 0.4) is 0 Å². The van der Waals surface area contributed by atoms with E-state index in [9.17, 15) is 10.1 Å². The smallest absolute Gasteiger partial charge is 0.311 e. The van der Waals surface area contributed by atoms with Crippen LogP contribution in [0.2, 0.25) is 0 Å². The topological polar surface area (TPSA) is 80.1 Å². The number of aromatic nitrogens is 1. The lowest BCUT2D eigenvalue weighted by atomic mass is 10.3. The lowest BCUT2D eigenvalue weighted by Gasteiger charge is -2.09. The molecule has 0 saturated heterocycles. The minimum Gasteiger partial charge on any atom is -0.370 e. The molecule has 0 aliphatic heterocycles. The number of nitrogens with one attached hydrogen (secondary N) is 2. The highest BCUT2D eigenvalue weighted by Gasteiger charge is 2.16. The standard InChI is InChI=1S/C13H13IN4O2/c1-2-15-12-7-6-11(18(19)20)13(17-12)16-10-5-3-4-9(14)8-10/h3-8H,2H2,1H3,(H2,15,16,17). The van der Waals surface area contributed by atoms with Crippen LogP contribution in [-0.4, -0.2) is 16.5 Å². The van der Waals surface area contributed by atoms with E-state index in [2.05, 4.69) is 38.2 Å². The molecular weight excluding hydrogens is 371 g/mol. The summed E-state index contributed by atoms with van der Waals surface area (Å²) in [6, 6.07) is 10.6. The summed E-state index contributed by atoms with van der Waals surface area (Å²) in [5, 5.41) is 17.1. The molecule has 1 heterocycles. The lowest BCUT2D eigenvalue weighted by molar-refractivity contribution is -0.384. The molecule has 1 aromatic carbocycles. The molecule has 0 spiro atoms. The maximum Gasteiger partial charge on any atom is 0.311 e. The zero-order valence-corrected chi connectivity index (χ0v) is 12.9. The number of hydrogen-bond donors (Lipinski definition) is 2. The maximum atomic E-state index is 11.1. The highest BCUT2D eigenvalue weighted by atomic mass is 127. The minimum absolute atomic E-state index is 0.0504. The van der Waals surface area contributed by atoms with Gasteiger partial charge < -0.3 is 10.6 Å². The number of benzene rings is 1. The van der Waals surface area contributed by atoms with Crippen molar-refractivity contribution in [2.75, 3.05) is 17.2 Å². The van der Waals surface area contributed by atoms with Crippen molar-refractivity contribution in [2.45, 2.75) is 6.92 Å². The van der Waals surface area contributed by atoms with E-state index >= 15 is 0 Å². The van der Waals surface area contributed by atoms with E-state index < -0.39 is 4.92 Å². The highest BCUT2D eigenvalue weighted by molar-refractivity contribution is 14.1. The van der Waals surface area contributed by atoms with Crippen LogP contribution in [0.25, 0.3) is 0 Å². The first-order valence-electron chi connectivity index (χ1n) is 6.02. The van der Waals surface area contributed by atoms with E-state index in [4.69, 9.17) is 0 Å². The van der Waals surface area contributed by atoms with Crippen molar-refractivity contribution in [2.24, 2.45) is 0 Å².